The molecule has 1 aromatic rings. The second kappa shape index (κ2) is 4.70. The molecule has 0 radical (unpaired) electrons. The third-order valence-electron chi connectivity index (χ3n) is 1.96. The highest BCUT2D eigenvalue weighted by Crippen LogP contribution is 2.14. The molecule has 0 saturated carbocycles. The molecule has 1 nitrogen and oxygen atoms in total. The summed E-state index contributed by atoms with van der Waals surface area (Å²) in [6, 6.07) is 0. The molecule has 0 bridgehead atoms. The lowest BCUT2D eigenvalue weighted by atomic mass is 10.1. The molecule has 70 valence electrons. The molecule has 0 amide bonds. The molecule has 0 aliphatic heterocycles. The van der Waals surface area contributed by atoms with E-state index in [1.807, 2.05) is 6.08 Å². The summed E-state index contributed by atoms with van der Waals surface area (Å²) in [4.78, 5) is 0. The van der Waals surface area contributed by atoms with Crippen LogP contribution in [0, 0.1) is 0 Å². The van der Waals surface area contributed by atoms with Gasteiger partial charge in [0.2, 0.25) is 0 Å². The van der Waals surface area contributed by atoms with Crippen LogP contribution in [0.2, 0.25) is 0 Å². The summed E-state index contributed by atoms with van der Waals surface area (Å²) in [5.74, 6) is 0. The quantitative estimate of drug-likeness (QED) is 0.635. The van der Waals surface area contributed by atoms with Crippen molar-refractivity contribution in [3.05, 3.63) is 41.9 Å². The number of allylic oxidation sites excluding steroid dienone is 2. The molecule has 0 aromatic carbocycles. The van der Waals surface area contributed by atoms with E-state index in [0.29, 0.717) is 0 Å². The van der Waals surface area contributed by atoms with Crippen molar-refractivity contribution in [2.24, 2.45) is 0 Å². The Morgan fingerprint density at radius 3 is 2.85 bits per heavy atom. The van der Waals surface area contributed by atoms with Crippen molar-refractivity contribution in [1.82, 2.24) is 0 Å². The first kappa shape index (κ1) is 9.85. The van der Waals surface area contributed by atoms with Gasteiger partial charge in [-0.05, 0) is 32.3 Å². The Hall–Kier alpha value is -1.24. The van der Waals surface area contributed by atoms with E-state index in [9.17, 15) is 0 Å². The van der Waals surface area contributed by atoms with Gasteiger partial charge in [0.05, 0.1) is 12.5 Å². The van der Waals surface area contributed by atoms with Crippen LogP contribution in [-0.2, 0) is 6.42 Å². The van der Waals surface area contributed by atoms with E-state index in [1.54, 1.807) is 12.5 Å². The highest BCUT2D eigenvalue weighted by Gasteiger charge is 1.99. The first-order valence-electron chi connectivity index (χ1n) is 4.55. The standard InChI is InChI=1S/C12H16O/c1-4-11-8-13-9-12(11)7-5-6-10(2)3/h4,6,8-9H,1,5,7H2,2-3H3. The SMILES string of the molecule is C=Cc1cocc1CCC=C(C)C. The molecule has 0 atom stereocenters. The molecule has 1 rings (SSSR count). The van der Waals surface area contributed by atoms with Gasteiger partial charge in [0.25, 0.3) is 0 Å². The number of hydrogen-bond acceptors (Lipinski definition) is 1. The Kier molecular flexibility index (Phi) is 3.56. The van der Waals surface area contributed by atoms with Gasteiger partial charge in [0.1, 0.15) is 0 Å². The van der Waals surface area contributed by atoms with Crippen LogP contribution in [-0.4, -0.2) is 0 Å². The zero-order chi connectivity index (χ0) is 9.68. The Morgan fingerprint density at radius 2 is 2.23 bits per heavy atom. The van der Waals surface area contributed by atoms with Crippen molar-refractivity contribution in [3.8, 4) is 0 Å². The molecule has 0 saturated heterocycles. The Labute approximate surface area is 79.8 Å². The van der Waals surface area contributed by atoms with E-state index < -0.39 is 0 Å². The maximum Gasteiger partial charge on any atom is 0.0977 e. The molecule has 0 aliphatic carbocycles. The van der Waals surface area contributed by atoms with Crippen LogP contribution < -0.4 is 0 Å². The predicted octanol–water partition coefficient (Wildman–Crippen LogP) is 3.82. The molecular formula is C12H16O. The number of hydrogen-bond donors (Lipinski definition) is 0. The molecule has 0 unspecified atom stereocenters. The van der Waals surface area contributed by atoms with Gasteiger partial charge in [-0.1, -0.05) is 24.3 Å². The van der Waals surface area contributed by atoms with E-state index in [-0.39, 0.29) is 0 Å². The zero-order valence-corrected chi connectivity index (χ0v) is 8.34. The van der Waals surface area contributed by atoms with Crippen LogP contribution >= 0.6 is 0 Å². The smallest absolute Gasteiger partial charge is 0.0977 e. The summed E-state index contributed by atoms with van der Waals surface area (Å²) < 4.78 is 5.10. The van der Waals surface area contributed by atoms with E-state index in [2.05, 4.69) is 26.5 Å². The summed E-state index contributed by atoms with van der Waals surface area (Å²) >= 11 is 0. The lowest BCUT2D eigenvalue weighted by molar-refractivity contribution is 0.563. The largest absolute Gasteiger partial charge is 0.472 e. The van der Waals surface area contributed by atoms with E-state index >= 15 is 0 Å². The number of rotatable bonds is 4. The van der Waals surface area contributed by atoms with Crippen molar-refractivity contribution in [2.45, 2.75) is 26.7 Å². The van der Waals surface area contributed by atoms with Crippen molar-refractivity contribution < 1.29 is 4.42 Å². The Balaban J connectivity index is 2.54. The van der Waals surface area contributed by atoms with Crippen molar-refractivity contribution >= 4 is 6.08 Å². The first-order valence-corrected chi connectivity index (χ1v) is 4.55. The van der Waals surface area contributed by atoms with Crippen LogP contribution in [0.5, 0.6) is 0 Å². The minimum Gasteiger partial charge on any atom is -0.472 e. The lowest BCUT2D eigenvalue weighted by Crippen LogP contribution is -1.82. The van der Waals surface area contributed by atoms with E-state index in [0.717, 1.165) is 18.4 Å². The molecule has 0 fully saturated rings. The van der Waals surface area contributed by atoms with Gasteiger partial charge in [0.15, 0.2) is 0 Å². The molecule has 1 heteroatoms. The summed E-state index contributed by atoms with van der Waals surface area (Å²) in [5.41, 5.74) is 3.72. The van der Waals surface area contributed by atoms with Crippen LogP contribution in [0.25, 0.3) is 6.08 Å². The molecule has 1 heterocycles. The maximum absolute atomic E-state index is 5.10. The molecular weight excluding hydrogens is 160 g/mol. The minimum atomic E-state index is 1.03. The second-order valence-electron chi connectivity index (χ2n) is 3.38. The fourth-order valence-electron chi connectivity index (χ4n) is 1.23. The third-order valence-corrected chi connectivity index (χ3v) is 1.96. The van der Waals surface area contributed by atoms with Gasteiger partial charge >= 0.3 is 0 Å². The van der Waals surface area contributed by atoms with E-state index in [4.69, 9.17) is 4.42 Å². The normalized spacial score (nSPS) is 9.69. The highest BCUT2D eigenvalue weighted by atomic mass is 16.3. The van der Waals surface area contributed by atoms with Crippen molar-refractivity contribution in [1.29, 1.82) is 0 Å². The van der Waals surface area contributed by atoms with Gasteiger partial charge in [0, 0.05) is 5.56 Å². The zero-order valence-electron chi connectivity index (χ0n) is 8.34. The average molecular weight is 176 g/mol. The first-order chi connectivity index (χ1) is 6.24. The molecule has 0 spiro atoms. The van der Waals surface area contributed by atoms with E-state index in [1.165, 1.54) is 11.1 Å². The number of furan rings is 1. The summed E-state index contributed by atoms with van der Waals surface area (Å²) in [6.45, 7) is 7.96. The lowest BCUT2D eigenvalue weighted by Gasteiger charge is -1.95. The van der Waals surface area contributed by atoms with Gasteiger partial charge in [-0.3, -0.25) is 0 Å². The van der Waals surface area contributed by atoms with Gasteiger partial charge in [-0.25, -0.2) is 0 Å². The van der Waals surface area contributed by atoms with Gasteiger partial charge in [-0.2, -0.15) is 0 Å². The topological polar surface area (TPSA) is 13.1 Å². The van der Waals surface area contributed by atoms with Crippen LogP contribution in [0.1, 0.15) is 31.4 Å². The molecule has 1 aromatic heterocycles. The predicted molar refractivity (Wildman–Crippen MR) is 56.6 cm³/mol. The second-order valence-corrected chi connectivity index (χ2v) is 3.38. The fraction of sp³-hybridized carbons (Fsp3) is 0.333. The van der Waals surface area contributed by atoms with Crippen molar-refractivity contribution in [2.75, 3.05) is 0 Å². The minimum absolute atomic E-state index is 1.03. The third kappa shape index (κ3) is 2.94. The van der Waals surface area contributed by atoms with Crippen LogP contribution in [0.4, 0.5) is 0 Å². The molecule has 0 N–H and O–H groups in total. The van der Waals surface area contributed by atoms with Crippen LogP contribution in [0.15, 0.2) is 35.2 Å². The highest BCUT2D eigenvalue weighted by molar-refractivity contribution is 5.49. The Morgan fingerprint density at radius 1 is 1.46 bits per heavy atom. The molecule has 0 aliphatic rings. The fourth-order valence-corrected chi connectivity index (χ4v) is 1.23. The Bertz CT molecular complexity index is 301. The summed E-state index contributed by atoms with van der Waals surface area (Å²) in [5, 5.41) is 0. The van der Waals surface area contributed by atoms with Crippen molar-refractivity contribution in [3.63, 3.8) is 0 Å². The van der Waals surface area contributed by atoms with Crippen LogP contribution in [0.3, 0.4) is 0 Å². The number of aryl methyl sites for hydroxylation is 1. The van der Waals surface area contributed by atoms with Gasteiger partial charge in [-0.15, -0.1) is 0 Å². The summed E-state index contributed by atoms with van der Waals surface area (Å²) in [7, 11) is 0. The molecule has 13 heavy (non-hydrogen) atoms. The summed E-state index contributed by atoms with van der Waals surface area (Å²) in [6.07, 6.45) is 9.72. The maximum atomic E-state index is 5.10. The van der Waals surface area contributed by atoms with Gasteiger partial charge < -0.3 is 4.42 Å². The average Bonchev–Trinajstić information content (AvgIpc) is 2.51. The monoisotopic (exact) mass is 176 g/mol.